The number of carbonyl (C=O) groups is 1. The van der Waals surface area contributed by atoms with Crippen molar-refractivity contribution in [1.82, 2.24) is 0 Å². The number of rotatable bonds is 4. The van der Waals surface area contributed by atoms with Crippen molar-refractivity contribution >= 4 is 21.7 Å². The van der Waals surface area contributed by atoms with Gasteiger partial charge >= 0.3 is 0 Å². The van der Waals surface area contributed by atoms with Crippen LogP contribution in [0.2, 0.25) is 0 Å². The van der Waals surface area contributed by atoms with Gasteiger partial charge in [-0.25, -0.2) is 0 Å². The van der Waals surface area contributed by atoms with Gasteiger partial charge in [-0.2, -0.15) is 0 Å². The van der Waals surface area contributed by atoms with E-state index in [9.17, 15) is 4.79 Å². The van der Waals surface area contributed by atoms with Crippen LogP contribution in [0.4, 0.5) is 0 Å². The highest BCUT2D eigenvalue weighted by Gasteiger charge is 2.20. The van der Waals surface area contributed by atoms with Crippen LogP contribution in [0.5, 0.6) is 0 Å². The Hall–Kier alpha value is -1.41. The van der Waals surface area contributed by atoms with E-state index in [1.807, 2.05) is 36.4 Å². The lowest BCUT2D eigenvalue weighted by Crippen LogP contribution is -2.10. The second-order valence-electron chi connectivity index (χ2n) is 5.44. The van der Waals surface area contributed by atoms with Crippen LogP contribution in [0.25, 0.3) is 0 Å². The van der Waals surface area contributed by atoms with Crippen LogP contribution in [0, 0.1) is 0 Å². The number of halogens is 1. The van der Waals surface area contributed by atoms with E-state index in [0.717, 1.165) is 15.6 Å². The lowest BCUT2D eigenvalue weighted by Gasteiger charge is -2.26. The molecule has 20 heavy (non-hydrogen) atoms. The molecular weight excluding hydrogens is 312 g/mol. The molecule has 0 bridgehead atoms. The summed E-state index contributed by atoms with van der Waals surface area (Å²) in [5.74, 6) is 0.865. The number of hydrogen-bond acceptors (Lipinski definition) is 1. The number of ketones is 1. The Morgan fingerprint density at radius 1 is 1.10 bits per heavy atom. The van der Waals surface area contributed by atoms with Gasteiger partial charge in [0.05, 0.1) is 0 Å². The Morgan fingerprint density at radius 2 is 1.90 bits per heavy atom. The topological polar surface area (TPSA) is 17.1 Å². The van der Waals surface area contributed by atoms with Gasteiger partial charge < -0.3 is 0 Å². The predicted octanol–water partition coefficient (Wildman–Crippen LogP) is 5.14. The molecular formula is C18H17BrO. The average Bonchev–Trinajstić information content (AvgIpc) is 2.40. The molecule has 1 fully saturated rings. The van der Waals surface area contributed by atoms with Crippen molar-refractivity contribution in [3.05, 3.63) is 69.7 Å². The third kappa shape index (κ3) is 2.85. The summed E-state index contributed by atoms with van der Waals surface area (Å²) in [4.78, 5) is 12.4. The Labute approximate surface area is 128 Å². The van der Waals surface area contributed by atoms with Crippen molar-refractivity contribution in [2.24, 2.45) is 0 Å². The van der Waals surface area contributed by atoms with E-state index in [2.05, 4.69) is 28.1 Å². The van der Waals surface area contributed by atoms with Crippen LogP contribution in [0.15, 0.2) is 53.0 Å². The monoisotopic (exact) mass is 328 g/mol. The lowest BCUT2D eigenvalue weighted by molar-refractivity contribution is 0.0992. The Bertz CT molecular complexity index is 629. The first-order chi connectivity index (χ1) is 9.74. The van der Waals surface area contributed by atoms with Crippen molar-refractivity contribution in [2.75, 3.05) is 0 Å². The first-order valence-electron chi connectivity index (χ1n) is 7.10. The van der Waals surface area contributed by atoms with Crippen molar-refractivity contribution in [1.29, 1.82) is 0 Å². The molecule has 1 saturated carbocycles. The van der Waals surface area contributed by atoms with Gasteiger partial charge in [-0.3, -0.25) is 4.79 Å². The summed E-state index contributed by atoms with van der Waals surface area (Å²) >= 11 is 3.50. The molecule has 0 saturated heterocycles. The zero-order chi connectivity index (χ0) is 13.9. The second-order valence-corrected chi connectivity index (χ2v) is 6.30. The first-order valence-corrected chi connectivity index (χ1v) is 7.90. The van der Waals surface area contributed by atoms with E-state index in [4.69, 9.17) is 0 Å². The zero-order valence-corrected chi connectivity index (χ0v) is 12.9. The molecule has 0 atom stereocenters. The van der Waals surface area contributed by atoms with Crippen molar-refractivity contribution in [2.45, 2.75) is 31.6 Å². The molecule has 0 unspecified atom stereocenters. The molecule has 1 nitrogen and oxygen atoms in total. The first kappa shape index (κ1) is 13.6. The molecule has 2 aromatic rings. The van der Waals surface area contributed by atoms with E-state index in [1.165, 1.54) is 24.8 Å². The van der Waals surface area contributed by atoms with Crippen molar-refractivity contribution in [3.63, 3.8) is 0 Å². The molecule has 1 aliphatic rings. The molecule has 0 N–H and O–H groups in total. The predicted molar refractivity (Wildman–Crippen MR) is 85.2 cm³/mol. The smallest absolute Gasteiger partial charge is 0.167 e. The molecule has 2 heteroatoms. The number of carbonyl (C=O) groups excluding carboxylic acids is 1. The third-order valence-corrected chi connectivity index (χ3v) is 4.87. The summed E-state index contributed by atoms with van der Waals surface area (Å²) < 4.78 is 1.00. The van der Waals surface area contributed by atoms with Gasteiger partial charge in [0.25, 0.3) is 0 Å². The molecule has 0 aromatic heterocycles. The third-order valence-electron chi connectivity index (χ3n) is 4.09. The molecule has 3 rings (SSSR count). The van der Waals surface area contributed by atoms with E-state index >= 15 is 0 Å². The van der Waals surface area contributed by atoms with Gasteiger partial charge in [0.15, 0.2) is 5.78 Å². The summed E-state index contributed by atoms with van der Waals surface area (Å²) in [5.41, 5.74) is 3.21. The van der Waals surface area contributed by atoms with Gasteiger partial charge in [-0.1, -0.05) is 58.7 Å². The zero-order valence-electron chi connectivity index (χ0n) is 11.3. The van der Waals surface area contributed by atoms with Gasteiger partial charge in [0.1, 0.15) is 0 Å². The van der Waals surface area contributed by atoms with Crippen LogP contribution in [0.1, 0.15) is 46.7 Å². The normalized spacial score (nSPS) is 14.8. The SMILES string of the molecule is O=C(Cc1ccccc1Br)c1cccc(C2CCC2)c1. The molecule has 1 aliphatic carbocycles. The van der Waals surface area contributed by atoms with Crippen LogP contribution >= 0.6 is 15.9 Å². The van der Waals surface area contributed by atoms with Crippen molar-refractivity contribution < 1.29 is 4.79 Å². The maximum absolute atomic E-state index is 12.4. The minimum absolute atomic E-state index is 0.193. The van der Waals surface area contributed by atoms with Gasteiger partial charge in [-0.05, 0) is 42.0 Å². The summed E-state index contributed by atoms with van der Waals surface area (Å²) in [6.07, 6.45) is 4.30. The molecule has 0 radical (unpaired) electrons. The van der Waals surface area contributed by atoms with E-state index < -0.39 is 0 Å². The Balaban J connectivity index is 1.78. The second kappa shape index (κ2) is 5.92. The van der Waals surface area contributed by atoms with Gasteiger partial charge in [0.2, 0.25) is 0 Å². The molecule has 0 amide bonds. The molecule has 0 spiro atoms. The maximum Gasteiger partial charge on any atom is 0.167 e. The highest BCUT2D eigenvalue weighted by atomic mass is 79.9. The number of hydrogen-bond donors (Lipinski definition) is 0. The summed E-state index contributed by atoms with van der Waals surface area (Å²) in [7, 11) is 0. The average molecular weight is 329 g/mol. The largest absolute Gasteiger partial charge is 0.294 e. The van der Waals surface area contributed by atoms with Gasteiger partial charge in [0, 0.05) is 16.5 Å². The van der Waals surface area contributed by atoms with E-state index in [1.54, 1.807) is 0 Å². The number of Topliss-reactive ketones (excluding diaryl/α,β-unsaturated/α-hetero) is 1. The minimum Gasteiger partial charge on any atom is -0.294 e. The van der Waals surface area contributed by atoms with Crippen molar-refractivity contribution in [3.8, 4) is 0 Å². The Morgan fingerprint density at radius 3 is 2.60 bits per heavy atom. The minimum atomic E-state index is 0.193. The molecule has 102 valence electrons. The van der Waals surface area contributed by atoms with Crippen LogP contribution < -0.4 is 0 Å². The molecule has 0 aliphatic heterocycles. The van der Waals surface area contributed by atoms with Gasteiger partial charge in [-0.15, -0.1) is 0 Å². The highest BCUT2D eigenvalue weighted by Crippen LogP contribution is 2.36. The lowest BCUT2D eigenvalue weighted by atomic mass is 9.79. The molecule has 2 aromatic carbocycles. The Kier molecular flexibility index (Phi) is 4.02. The summed E-state index contributed by atoms with van der Waals surface area (Å²) in [6.45, 7) is 0. The fourth-order valence-corrected chi connectivity index (χ4v) is 3.05. The quantitative estimate of drug-likeness (QED) is 0.710. The fourth-order valence-electron chi connectivity index (χ4n) is 2.62. The number of benzene rings is 2. The van der Waals surface area contributed by atoms with Crippen LogP contribution in [-0.2, 0) is 6.42 Å². The highest BCUT2D eigenvalue weighted by molar-refractivity contribution is 9.10. The molecule has 0 heterocycles. The van der Waals surface area contributed by atoms with Crippen LogP contribution in [-0.4, -0.2) is 5.78 Å². The van der Waals surface area contributed by atoms with Crippen LogP contribution in [0.3, 0.4) is 0 Å². The van der Waals surface area contributed by atoms with E-state index in [0.29, 0.717) is 12.3 Å². The standard InChI is InChI=1S/C18H17BrO/c19-17-10-2-1-5-15(17)12-18(20)16-9-4-8-14(11-16)13-6-3-7-13/h1-2,4-5,8-11,13H,3,6-7,12H2. The van der Waals surface area contributed by atoms with E-state index in [-0.39, 0.29) is 5.78 Å². The summed E-state index contributed by atoms with van der Waals surface area (Å²) in [6, 6.07) is 16.1. The fraction of sp³-hybridized carbons (Fsp3) is 0.278. The summed E-state index contributed by atoms with van der Waals surface area (Å²) in [5, 5.41) is 0. The maximum atomic E-state index is 12.4.